The van der Waals surface area contributed by atoms with E-state index in [0.717, 1.165) is 49.7 Å². The van der Waals surface area contributed by atoms with E-state index in [1.165, 1.54) is 50.2 Å². The molecule has 2 aromatic heterocycles. The van der Waals surface area contributed by atoms with Crippen LogP contribution < -0.4 is 0 Å². The van der Waals surface area contributed by atoms with E-state index in [4.69, 9.17) is 0 Å². The van der Waals surface area contributed by atoms with Gasteiger partial charge in [-0.1, -0.05) is 13.8 Å². The van der Waals surface area contributed by atoms with Gasteiger partial charge in [-0.15, -0.1) is 10.2 Å². The fourth-order valence-electron chi connectivity index (χ4n) is 5.01. The standard InChI is InChI=1S/C22H36N6/c1-17-7-5-11-25(13-17)15-21-23-24-22(16-26-12-6-8-18(2)14-26)28(21)27-19(3)9-10-20(27)4/h9-10,17-18H,5-8,11-16H2,1-4H3/t17-,18+. The van der Waals surface area contributed by atoms with E-state index in [-0.39, 0.29) is 0 Å². The van der Waals surface area contributed by atoms with Gasteiger partial charge in [0.15, 0.2) is 11.6 Å². The summed E-state index contributed by atoms with van der Waals surface area (Å²) < 4.78 is 4.59. The fraction of sp³-hybridized carbons (Fsp3) is 0.727. The van der Waals surface area contributed by atoms with Crippen LogP contribution >= 0.6 is 0 Å². The first kappa shape index (κ1) is 19.6. The molecule has 2 atom stereocenters. The van der Waals surface area contributed by atoms with Crippen LogP contribution in [0.1, 0.15) is 62.6 Å². The Morgan fingerprint density at radius 3 is 1.68 bits per heavy atom. The lowest BCUT2D eigenvalue weighted by Crippen LogP contribution is -2.36. The molecule has 0 radical (unpaired) electrons. The molecule has 6 nitrogen and oxygen atoms in total. The molecular formula is C22H36N6. The molecule has 2 saturated heterocycles. The molecule has 4 rings (SSSR count). The molecule has 2 aromatic rings. The molecule has 4 heterocycles. The smallest absolute Gasteiger partial charge is 0.167 e. The highest BCUT2D eigenvalue weighted by Gasteiger charge is 2.24. The molecule has 0 bridgehead atoms. The third-order valence-electron chi connectivity index (χ3n) is 6.42. The van der Waals surface area contributed by atoms with Crippen LogP contribution in [-0.4, -0.2) is 55.5 Å². The minimum Gasteiger partial charge on any atom is -0.296 e. The summed E-state index contributed by atoms with van der Waals surface area (Å²) in [4.78, 5) is 5.10. The molecule has 0 spiro atoms. The largest absolute Gasteiger partial charge is 0.296 e. The second kappa shape index (κ2) is 8.37. The molecule has 28 heavy (non-hydrogen) atoms. The lowest BCUT2D eigenvalue weighted by Gasteiger charge is -2.31. The number of likely N-dealkylation sites (tertiary alicyclic amines) is 2. The second-order valence-corrected chi connectivity index (χ2v) is 9.24. The maximum Gasteiger partial charge on any atom is 0.167 e. The van der Waals surface area contributed by atoms with Crippen LogP contribution in [0.5, 0.6) is 0 Å². The SMILES string of the molecule is Cc1ccc(C)n1-n1c(CN2CCC[C@@H](C)C2)nnc1CN1CCC[C@H](C)C1. The topological polar surface area (TPSA) is 42.1 Å². The van der Waals surface area contributed by atoms with Crippen molar-refractivity contribution in [3.05, 3.63) is 35.2 Å². The zero-order chi connectivity index (χ0) is 19.7. The Labute approximate surface area is 169 Å². The van der Waals surface area contributed by atoms with Crippen molar-refractivity contribution in [2.75, 3.05) is 26.2 Å². The Kier molecular flexibility index (Phi) is 5.88. The van der Waals surface area contributed by atoms with Crippen molar-refractivity contribution in [2.24, 2.45) is 11.8 Å². The van der Waals surface area contributed by atoms with E-state index in [0.29, 0.717) is 0 Å². The van der Waals surface area contributed by atoms with Gasteiger partial charge >= 0.3 is 0 Å². The van der Waals surface area contributed by atoms with Crippen LogP contribution in [-0.2, 0) is 13.1 Å². The van der Waals surface area contributed by atoms with Crippen molar-refractivity contribution in [1.29, 1.82) is 0 Å². The Morgan fingerprint density at radius 1 is 0.786 bits per heavy atom. The number of hydrogen-bond donors (Lipinski definition) is 0. The highest BCUT2D eigenvalue weighted by molar-refractivity contribution is 5.16. The van der Waals surface area contributed by atoms with Crippen LogP contribution in [0.2, 0.25) is 0 Å². The van der Waals surface area contributed by atoms with E-state index < -0.39 is 0 Å². The van der Waals surface area contributed by atoms with Gasteiger partial charge in [-0.05, 0) is 76.6 Å². The molecule has 6 heteroatoms. The minimum absolute atomic E-state index is 0.773. The van der Waals surface area contributed by atoms with Crippen LogP contribution in [0.25, 0.3) is 0 Å². The number of aromatic nitrogens is 4. The van der Waals surface area contributed by atoms with E-state index >= 15 is 0 Å². The van der Waals surface area contributed by atoms with Crippen molar-refractivity contribution >= 4 is 0 Å². The minimum atomic E-state index is 0.773. The summed E-state index contributed by atoms with van der Waals surface area (Å²) in [5.74, 6) is 3.68. The first-order chi connectivity index (χ1) is 13.5. The Bertz CT molecular complexity index is 730. The van der Waals surface area contributed by atoms with E-state index in [1.54, 1.807) is 0 Å². The lowest BCUT2D eigenvalue weighted by molar-refractivity contribution is 0.164. The van der Waals surface area contributed by atoms with E-state index in [2.05, 4.69) is 69.2 Å². The molecule has 0 N–H and O–H groups in total. The fourth-order valence-corrected chi connectivity index (χ4v) is 5.01. The number of rotatable bonds is 5. The van der Waals surface area contributed by atoms with Gasteiger partial charge in [0.2, 0.25) is 0 Å². The monoisotopic (exact) mass is 384 g/mol. The summed E-state index contributed by atoms with van der Waals surface area (Å²) in [6, 6.07) is 4.38. The van der Waals surface area contributed by atoms with Crippen LogP contribution in [0.15, 0.2) is 12.1 Å². The predicted molar refractivity (Wildman–Crippen MR) is 112 cm³/mol. The third kappa shape index (κ3) is 4.18. The summed E-state index contributed by atoms with van der Waals surface area (Å²) in [5.41, 5.74) is 2.47. The average Bonchev–Trinajstić information content (AvgIpc) is 3.17. The van der Waals surface area contributed by atoms with Gasteiger partial charge in [-0.25, -0.2) is 4.68 Å². The maximum absolute atomic E-state index is 4.68. The number of piperidine rings is 2. The normalized spacial score (nSPS) is 24.7. The summed E-state index contributed by atoms with van der Waals surface area (Å²) in [5, 5.41) is 9.36. The summed E-state index contributed by atoms with van der Waals surface area (Å²) in [6.07, 6.45) is 5.26. The van der Waals surface area contributed by atoms with Gasteiger partial charge in [0.05, 0.1) is 13.1 Å². The van der Waals surface area contributed by atoms with Gasteiger partial charge in [0.25, 0.3) is 0 Å². The van der Waals surface area contributed by atoms with Gasteiger partial charge in [0.1, 0.15) is 0 Å². The Morgan fingerprint density at radius 2 is 1.25 bits per heavy atom. The predicted octanol–water partition coefficient (Wildman–Crippen LogP) is 3.47. The van der Waals surface area contributed by atoms with Gasteiger partial charge < -0.3 is 0 Å². The van der Waals surface area contributed by atoms with Crippen molar-refractivity contribution in [1.82, 2.24) is 29.3 Å². The van der Waals surface area contributed by atoms with Gasteiger partial charge in [0, 0.05) is 24.5 Å². The molecule has 0 unspecified atom stereocenters. The molecule has 2 fully saturated rings. The van der Waals surface area contributed by atoms with E-state index in [1.807, 2.05) is 0 Å². The second-order valence-electron chi connectivity index (χ2n) is 9.24. The van der Waals surface area contributed by atoms with Crippen molar-refractivity contribution in [3.63, 3.8) is 0 Å². The van der Waals surface area contributed by atoms with Crippen molar-refractivity contribution in [3.8, 4) is 0 Å². The molecule has 0 saturated carbocycles. The number of nitrogens with zero attached hydrogens (tertiary/aromatic N) is 6. The first-order valence-corrected chi connectivity index (χ1v) is 11.0. The molecular weight excluding hydrogens is 348 g/mol. The quantitative estimate of drug-likeness (QED) is 0.792. The molecule has 2 aliphatic heterocycles. The highest BCUT2D eigenvalue weighted by Crippen LogP contribution is 2.21. The third-order valence-corrected chi connectivity index (χ3v) is 6.42. The van der Waals surface area contributed by atoms with Gasteiger partial charge in [-0.3, -0.25) is 14.5 Å². The molecule has 0 aliphatic carbocycles. The van der Waals surface area contributed by atoms with Crippen LogP contribution in [0.3, 0.4) is 0 Å². The van der Waals surface area contributed by atoms with Crippen molar-refractivity contribution < 1.29 is 0 Å². The number of hydrogen-bond acceptors (Lipinski definition) is 4. The van der Waals surface area contributed by atoms with E-state index in [9.17, 15) is 0 Å². The lowest BCUT2D eigenvalue weighted by atomic mass is 10.0. The average molecular weight is 385 g/mol. The van der Waals surface area contributed by atoms with Crippen LogP contribution in [0, 0.1) is 25.7 Å². The Hall–Kier alpha value is -1.66. The zero-order valence-corrected chi connectivity index (χ0v) is 18.1. The summed E-state index contributed by atoms with van der Waals surface area (Å²) in [7, 11) is 0. The molecule has 0 amide bonds. The molecule has 154 valence electrons. The molecule has 0 aromatic carbocycles. The summed E-state index contributed by atoms with van der Waals surface area (Å²) in [6.45, 7) is 15.5. The van der Waals surface area contributed by atoms with Gasteiger partial charge in [-0.2, -0.15) is 0 Å². The van der Waals surface area contributed by atoms with Crippen LogP contribution in [0.4, 0.5) is 0 Å². The van der Waals surface area contributed by atoms with Crippen molar-refractivity contribution in [2.45, 2.75) is 66.5 Å². The maximum atomic E-state index is 4.68. The molecule has 2 aliphatic rings. The Balaban J connectivity index is 1.63. The summed E-state index contributed by atoms with van der Waals surface area (Å²) >= 11 is 0. The first-order valence-electron chi connectivity index (χ1n) is 11.0. The number of aryl methyl sites for hydroxylation is 2. The zero-order valence-electron chi connectivity index (χ0n) is 18.1. The highest BCUT2D eigenvalue weighted by atomic mass is 15.5.